The normalized spacial score (nSPS) is 29.7. The minimum Gasteiger partial charge on any atom is -0.377 e. The van der Waals surface area contributed by atoms with E-state index < -0.39 is 0 Å². The van der Waals surface area contributed by atoms with E-state index in [0.717, 1.165) is 52.4 Å². The van der Waals surface area contributed by atoms with Gasteiger partial charge in [0.25, 0.3) is 0 Å². The largest absolute Gasteiger partial charge is 0.377 e. The number of likely N-dealkylation sites (tertiary alicyclic amines) is 1. The number of amides is 1. The molecule has 22 heavy (non-hydrogen) atoms. The molecule has 0 aromatic carbocycles. The Morgan fingerprint density at radius 3 is 2.41 bits per heavy atom. The van der Waals surface area contributed by atoms with Crippen molar-refractivity contribution in [1.82, 2.24) is 14.7 Å². The Bertz CT molecular complexity index is 357. The first-order valence-corrected chi connectivity index (χ1v) is 9.11. The number of hydrogen-bond donors (Lipinski definition) is 0. The number of hydrogen-bond acceptors (Lipinski definition) is 4. The molecular weight excluding hydrogens is 278 g/mol. The van der Waals surface area contributed by atoms with E-state index in [2.05, 4.69) is 21.6 Å². The van der Waals surface area contributed by atoms with Gasteiger partial charge in [0.1, 0.15) is 0 Å². The second kappa shape index (κ2) is 7.75. The van der Waals surface area contributed by atoms with Crippen molar-refractivity contribution in [3.8, 4) is 0 Å². The molecule has 0 bridgehead atoms. The van der Waals surface area contributed by atoms with Gasteiger partial charge in [-0.05, 0) is 39.0 Å². The first kappa shape index (κ1) is 16.2. The lowest BCUT2D eigenvalue weighted by Crippen LogP contribution is -2.55. The minimum atomic E-state index is 0.0444. The summed E-state index contributed by atoms with van der Waals surface area (Å²) in [6.07, 6.45) is 6.50. The van der Waals surface area contributed by atoms with Gasteiger partial charge >= 0.3 is 0 Å². The molecule has 0 saturated carbocycles. The summed E-state index contributed by atoms with van der Waals surface area (Å²) < 4.78 is 5.73. The van der Waals surface area contributed by atoms with Crippen molar-refractivity contribution in [3.63, 3.8) is 0 Å². The summed E-state index contributed by atoms with van der Waals surface area (Å²) in [5.74, 6) is 0.340. The van der Waals surface area contributed by atoms with E-state index in [9.17, 15) is 4.79 Å². The van der Waals surface area contributed by atoms with Gasteiger partial charge in [-0.25, -0.2) is 0 Å². The van der Waals surface area contributed by atoms with Gasteiger partial charge in [0.05, 0.1) is 12.1 Å². The molecule has 0 aromatic heterocycles. The van der Waals surface area contributed by atoms with Crippen LogP contribution >= 0.6 is 0 Å². The van der Waals surface area contributed by atoms with E-state index in [0.29, 0.717) is 12.0 Å². The lowest BCUT2D eigenvalue weighted by molar-refractivity contribution is -0.138. The van der Waals surface area contributed by atoms with Gasteiger partial charge in [-0.2, -0.15) is 0 Å². The van der Waals surface area contributed by atoms with Crippen LogP contribution in [0.15, 0.2) is 0 Å². The Hall–Kier alpha value is -0.650. The highest BCUT2D eigenvalue weighted by atomic mass is 16.5. The topological polar surface area (TPSA) is 36.0 Å². The average molecular weight is 309 g/mol. The first-order chi connectivity index (χ1) is 10.7. The highest BCUT2D eigenvalue weighted by Gasteiger charge is 2.30. The Morgan fingerprint density at radius 1 is 1.05 bits per heavy atom. The van der Waals surface area contributed by atoms with Crippen LogP contribution in [0.25, 0.3) is 0 Å². The van der Waals surface area contributed by atoms with Crippen LogP contribution in [0.2, 0.25) is 0 Å². The summed E-state index contributed by atoms with van der Waals surface area (Å²) in [6, 6.07) is 0.0444. The molecule has 3 heterocycles. The molecule has 5 nitrogen and oxygen atoms in total. The van der Waals surface area contributed by atoms with Gasteiger partial charge in [-0.3, -0.25) is 14.6 Å². The average Bonchev–Trinajstić information content (AvgIpc) is 3.08. The van der Waals surface area contributed by atoms with Crippen LogP contribution in [0.3, 0.4) is 0 Å². The number of carbonyl (C=O) groups excluding carboxylic acids is 1. The van der Waals surface area contributed by atoms with E-state index in [1.807, 2.05) is 0 Å². The molecule has 2 atom stereocenters. The van der Waals surface area contributed by atoms with Crippen LogP contribution in [0, 0.1) is 0 Å². The molecular formula is C17H31N3O2. The fraction of sp³-hybridized carbons (Fsp3) is 0.941. The van der Waals surface area contributed by atoms with Crippen molar-refractivity contribution in [1.29, 1.82) is 0 Å². The second-order valence-electron chi connectivity index (χ2n) is 7.03. The molecule has 126 valence electrons. The zero-order chi connectivity index (χ0) is 15.4. The molecule has 3 aliphatic rings. The Kier molecular flexibility index (Phi) is 5.71. The Labute approximate surface area is 134 Å². The van der Waals surface area contributed by atoms with Gasteiger partial charge in [-0.15, -0.1) is 0 Å². The van der Waals surface area contributed by atoms with Gasteiger partial charge < -0.3 is 9.64 Å². The Balaban J connectivity index is 1.42. The van der Waals surface area contributed by atoms with Gasteiger partial charge in [-0.1, -0.05) is 0 Å². The van der Waals surface area contributed by atoms with E-state index in [1.165, 1.54) is 32.1 Å². The molecule has 3 fully saturated rings. The van der Waals surface area contributed by atoms with Crippen molar-refractivity contribution >= 4 is 5.91 Å². The molecule has 5 heteroatoms. The smallest absolute Gasteiger partial charge is 0.239 e. The molecule has 0 N–H and O–H groups in total. The Morgan fingerprint density at radius 2 is 1.77 bits per heavy atom. The third-order valence-electron chi connectivity index (χ3n) is 5.47. The monoisotopic (exact) mass is 309 g/mol. The summed E-state index contributed by atoms with van der Waals surface area (Å²) in [6.45, 7) is 10.2. The number of ether oxygens (including phenoxy) is 1. The molecule has 0 aliphatic carbocycles. The highest BCUT2D eigenvalue weighted by Crippen LogP contribution is 2.17. The third kappa shape index (κ3) is 4.00. The molecule has 2 unspecified atom stereocenters. The quantitative estimate of drug-likeness (QED) is 0.781. The standard InChI is InChI=1S/C17H31N3O2/c1-15(17(21)20-7-3-2-4-8-20)19-11-9-18(10-12-19)14-16-6-5-13-22-16/h15-16H,2-14H2,1H3. The molecule has 3 rings (SSSR count). The zero-order valence-electron chi connectivity index (χ0n) is 14.0. The number of piperazine rings is 1. The SMILES string of the molecule is CC(C(=O)N1CCCCC1)N1CCN(CC2CCCO2)CC1. The van der Waals surface area contributed by atoms with Gasteiger partial charge in [0.15, 0.2) is 0 Å². The number of piperidine rings is 1. The lowest BCUT2D eigenvalue weighted by atomic mass is 10.1. The maximum Gasteiger partial charge on any atom is 0.239 e. The number of carbonyl (C=O) groups is 1. The summed E-state index contributed by atoms with van der Waals surface area (Å²) in [5.41, 5.74) is 0. The minimum absolute atomic E-state index is 0.0444. The summed E-state index contributed by atoms with van der Waals surface area (Å²) in [5, 5.41) is 0. The molecule has 0 aromatic rings. The van der Waals surface area contributed by atoms with E-state index in [4.69, 9.17) is 4.74 Å². The number of rotatable bonds is 4. The van der Waals surface area contributed by atoms with Crippen molar-refractivity contribution in [2.45, 2.75) is 51.2 Å². The highest BCUT2D eigenvalue weighted by molar-refractivity contribution is 5.81. The van der Waals surface area contributed by atoms with E-state index in [1.54, 1.807) is 0 Å². The van der Waals surface area contributed by atoms with Crippen LogP contribution < -0.4 is 0 Å². The van der Waals surface area contributed by atoms with Crippen LogP contribution in [0.1, 0.15) is 39.0 Å². The van der Waals surface area contributed by atoms with Crippen LogP contribution in [0.4, 0.5) is 0 Å². The summed E-state index contributed by atoms with van der Waals surface area (Å²) in [7, 11) is 0. The van der Waals surface area contributed by atoms with Crippen LogP contribution in [-0.4, -0.2) is 85.2 Å². The first-order valence-electron chi connectivity index (χ1n) is 9.11. The maximum atomic E-state index is 12.6. The predicted octanol–water partition coefficient (Wildman–Crippen LogP) is 1.18. The fourth-order valence-electron chi connectivity index (χ4n) is 3.94. The van der Waals surface area contributed by atoms with E-state index >= 15 is 0 Å². The van der Waals surface area contributed by atoms with Crippen LogP contribution in [-0.2, 0) is 9.53 Å². The van der Waals surface area contributed by atoms with Gasteiger partial charge in [0, 0.05) is 52.4 Å². The van der Waals surface area contributed by atoms with E-state index in [-0.39, 0.29) is 6.04 Å². The van der Waals surface area contributed by atoms with Crippen molar-refractivity contribution in [2.24, 2.45) is 0 Å². The van der Waals surface area contributed by atoms with Crippen LogP contribution in [0.5, 0.6) is 0 Å². The molecule has 0 radical (unpaired) electrons. The molecule has 3 saturated heterocycles. The maximum absolute atomic E-state index is 12.6. The zero-order valence-corrected chi connectivity index (χ0v) is 14.0. The number of nitrogens with zero attached hydrogens (tertiary/aromatic N) is 3. The molecule has 3 aliphatic heterocycles. The third-order valence-corrected chi connectivity index (χ3v) is 5.47. The second-order valence-corrected chi connectivity index (χ2v) is 7.03. The summed E-state index contributed by atoms with van der Waals surface area (Å²) >= 11 is 0. The van der Waals surface area contributed by atoms with Crippen molar-refractivity contribution < 1.29 is 9.53 Å². The van der Waals surface area contributed by atoms with Gasteiger partial charge in [0.2, 0.25) is 5.91 Å². The lowest BCUT2D eigenvalue weighted by Gasteiger charge is -2.40. The fourth-order valence-corrected chi connectivity index (χ4v) is 3.94. The van der Waals surface area contributed by atoms with Crippen molar-refractivity contribution in [3.05, 3.63) is 0 Å². The molecule has 0 spiro atoms. The molecule has 1 amide bonds. The van der Waals surface area contributed by atoms with Crippen molar-refractivity contribution in [2.75, 3.05) is 52.4 Å². The summed E-state index contributed by atoms with van der Waals surface area (Å²) in [4.78, 5) is 19.6. The predicted molar refractivity (Wildman–Crippen MR) is 86.9 cm³/mol.